The minimum absolute atomic E-state index is 0.0181. The molecule has 7 heteroatoms. The maximum absolute atomic E-state index is 12.2. The van der Waals surface area contributed by atoms with Gasteiger partial charge < -0.3 is 11.1 Å². The zero-order valence-corrected chi connectivity index (χ0v) is 14.9. The van der Waals surface area contributed by atoms with Crippen molar-refractivity contribution >= 4 is 15.9 Å². The maximum Gasteiger partial charge on any atom is 0.236 e. The van der Waals surface area contributed by atoms with Crippen molar-refractivity contribution in [3.8, 4) is 0 Å². The van der Waals surface area contributed by atoms with Crippen molar-refractivity contribution in [3.05, 3.63) is 0 Å². The second-order valence-electron chi connectivity index (χ2n) is 7.29. The van der Waals surface area contributed by atoms with Crippen LogP contribution in [-0.4, -0.2) is 38.7 Å². The lowest BCUT2D eigenvalue weighted by Crippen LogP contribution is -2.48. The summed E-state index contributed by atoms with van der Waals surface area (Å²) in [6, 6.07) is 0.00227. The highest BCUT2D eigenvalue weighted by atomic mass is 32.2. The number of hydrogen-bond donors (Lipinski definition) is 3. The first-order valence-electron chi connectivity index (χ1n) is 8.89. The van der Waals surface area contributed by atoms with Crippen LogP contribution in [0.25, 0.3) is 0 Å². The number of nitrogens with one attached hydrogen (secondary N) is 2. The van der Waals surface area contributed by atoms with Gasteiger partial charge in [-0.1, -0.05) is 19.8 Å². The standard InChI is InChI=1S/C16H31N3O3S/c1-12-6-8-14(9-7-12)19-23(21,22)11-16(20)18-15-5-3-2-4-13(15)10-17/h12-15,19H,2-11,17H2,1H3,(H,18,20). The van der Waals surface area contributed by atoms with Crippen molar-refractivity contribution in [2.45, 2.75) is 70.4 Å². The topological polar surface area (TPSA) is 101 Å². The average molecular weight is 346 g/mol. The van der Waals surface area contributed by atoms with E-state index < -0.39 is 21.7 Å². The molecule has 0 bridgehead atoms. The number of sulfonamides is 1. The van der Waals surface area contributed by atoms with Crippen LogP contribution in [0.1, 0.15) is 58.3 Å². The minimum Gasteiger partial charge on any atom is -0.352 e. The number of nitrogens with two attached hydrogens (primary N) is 1. The number of carbonyl (C=O) groups is 1. The fourth-order valence-electron chi connectivity index (χ4n) is 3.77. The highest BCUT2D eigenvalue weighted by Crippen LogP contribution is 2.24. The van der Waals surface area contributed by atoms with Gasteiger partial charge in [0.25, 0.3) is 0 Å². The number of carbonyl (C=O) groups excluding carboxylic acids is 1. The molecule has 2 atom stereocenters. The van der Waals surface area contributed by atoms with Crippen LogP contribution in [0.4, 0.5) is 0 Å². The molecule has 2 aliphatic rings. The third-order valence-corrected chi connectivity index (χ3v) is 6.58. The third kappa shape index (κ3) is 6.04. The van der Waals surface area contributed by atoms with Crippen LogP contribution in [-0.2, 0) is 14.8 Å². The Labute approximate surface area is 140 Å². The van der Waals surface area contributed by atoms with Gasteiger partial charge in [-0.05, 0) is 56.9 Å². The molecule has 6 nitrogen and oxygen atoms in total. The summed E-state index contributed by atoms with van der Waals surface area (Å²) in [4.78, 5) is 12.1. The monoisotopic (exact) mass is 345 g/mol. The summed E-state index contributed by atoms with van der Waals surface area (Å²) in [7, 11) is -3.57. The van der Waals surface area contributed by atoms with E-state index in [-0.39, 0.29) is 18.0 Å². The van der Waals surface area contributed by atoms with Crippen molar-refractivity contribution < 1.29 is 13.2 Å². The summed E-state index contributed by atoms with van der Waals surface area (Å²) in [6.45, 7) is 2.73. The first-order valence-corrected chi connectivity index (χ1v) is 10.5. The highest BCUT2D eigenvalue weighted by molar-refractivity contribution is 7.90. The lowest BCUT2D eigenvalue weighted by atomic mass is 9.84. The Morgan fingerprint density at radius 2 is 1.74 bits per heavy atom. The lowest BCUT2D eigenvalue weighted by Gasteiger charge is -2.31. The number of amides is 1. The fraction of sp³-hybridized carbons (Fsp3) is 0.938. The molecule has 23 heavy (non-hydrogen) atoms. The fourth-order valence-corrected chi connectivity index (χ4v) is 5.03. The summed E-state index contributed by atoms with van der Waals surface area (Å²) < 4.78 is 27.1. The average Bonchev–Trinajstić information content (AvgIpc) is 2.49. The van der Waals surface area contributed by atoms with Gasteiger partial charge in [-0.2, -0.15) is 0 Å². The zero-order chi connectivity index (χ0) is 16.9. The molecule has 0 aromatic rings. The Balaban J connectivity index is 1.81. The van der Waals surface area contributed by atoms with Gasteiger partial charge in [-0.15, -0.1) is 0 Å². The Morgan fingerprint density at radius 1 is 1.09 bits per heavy atom. The number of hydrogen-bond acceptors (Lipinski definition) is 4. The first-order chi connectivity index (χ1) is 10.9. The predicted molar refractivity (Wildman–Crippen MR) is 91.3 cm³/mol. The van der Waals surface area contributed by atoms with E-state index in [0.717, 1.165) is 51.4 Å². The second-order valence-corrected chi connectivity index (χ2v) is 9.04. The van der Waals surface area contributed by atoms with E-state index in [1.807, 2.05) is 0 Å². The van der Waals surface area contributed by atoms with E-state index in [1.54, 1.807) is 0 Å². The Kier molecular flexibility index (Phi) is 6.85. The molecule has 2 aliphatic carbocycles. The summed E-state index contributed by atoms with van der Waals surface area (Å²) in [5.41, 5.74) is 5.75. The predicted octanol–water partition coefficient (Wildman–Crippen LogP) is 1.12. The quantitative estimate of drug-likeness (QED) is 0.671. The maximum atomic E-state index is 12.2. The summed E-state index contributed by atoms with van der Waals surface area (Å²) in [6.07, 6.45) is 7.90. The summed E-state index contributed by atoms with van der Waals surface area (Å²) >= 11 is 0. The molecule has 4 N–H and O–H groups in total. The Morgan fingerprint density at radius 3 is 2.39 bits per heavy atom. The Bertz CT molecular complexity index is 487. The molecule has 0 aromatic carbocycles. The molecule has 0 heterocycles. The molecule has 2 saturated carbocycles. The van der Waals surface area contributed by atoms with Crippen molar-refractivity contribution in [1.82, 2.24) is 10.0 Å². The van der Waals surface area contributed by atoms with Crippen LogP contribution in [0.2, 0.25) is 0 Å². The smallest absolute Gasteiger partial charge is 0.236 e. The zero-order valence-electron chi connectivity index (χ0n) is 14.1. The summed E-state index contributed by atoms with van der Waals surface area (Å²) in [5, 5.41) is 2.88. The molecule has 0 aliphatic heterocycles. The van der Waals surface area contributed by atoms with E-state index in [1.165, 1.54) is 0 Å². The van der Waals surface area contributed by atoms with Gasteiger partial charge >= 0.3 is 0 Å². The molecule has 0 spiro atoms. The molecule has 134 valence electrons. The van der Waals surface area contributed by atoms with Crippen LogP contribution in [0.5, 0.6) is 0 Å². The van der Waals surface area contributed by atoms with Crippen molar-refractivity contribution in [1.29, 1.82) is 0 Å². The van der Waals surface area contributed by atoms with Gasteiger partial charge in [0.1, 0.15) is 5.75 Å². The van der Waals surface area contributed by atoms with Crippen LogP contribution < -0.4 is 15.8 Å². The molecule has 0 radical (unpaired) electrons. The molecule has 2 rings (SSSR count). The largest absolute Gasteiger partial charge is 0.352 e. The molecule has 0 saturated heterocycles. The molecule has 1 amide bonds. The lowest BCUT2D eigenvalue weighted by molar-refractivity contribution is -0.119. The van der Waals surface area contributed by atoms with Crippen LogP contribution in [0.15, 0.2) is 0 Å². The van der Waals surface area contributed by atoms with Crippen LogP contribution >= 0.6 is 0 Å². The van der Waals surface area contributed by atoms with E-state index in [4.69, 9.17) is 5.73 Å². The van der Waals surface area contributed by atoms with Gasteiger partial charge in [0, 0.05) is 12.1 Å². The molecule has 2 fully saturated rings. The Hall–Kier alpha value is -0.660. The van der Waals surface area contributed by atoms with Crippen LogP contribution in [0, 0.1) is 11.8 Å². The molecular formula is C16H31N3O3S. The van der Waals surface area contributed by atoms with Crippen molar-refractivity contribution in [3.63, 3.8) is 0 Å². The van der Waals surface area contributed by atoms with Crippen LogP contribution in [0.3, 0.4) is 0 Å². The second kappa shape index (κ2) is 8.44. The van der Waals surface area contributed by atoms with Gasteiger partial charge in [0.05, 0.1) is 0 Å². The molecule has 2 unspecified atom stereocenters. The van der Waals surface area contributed by atoms with E-state index >= 15 is 0 Å². The van der Waals surface area contributed by atoms with Gasteiger partial charge in [-0.25, -0.2) is 13.1 Å². The normalized spacial score (nSPS) is 32.4. The summed E-state index contributed by atoms with van der Waals surface area (Å²) in [5.74, 6) is 0.0427. The van der Waals surface area contributed by atoms with Gasteiger partial charge in [-0.3, -0.25) is 4.79 Å². The van der Waals surface area contributed by atoms with Crippen molar-refractivity contribution in [2.75, 3.05) is 12.3 Å². The first kappa shape index (κ1) is 18.7. The van der Waals surface area contributed by atoms with E-state index in [2.05, 4.69) is 17.0 Å². The third-order valence-electron chi connectivity index (χ3n) is 5.24. The van der Waals surface area contributed by atoms with Crippen molar-refractivity contribution in [2.24, 2.45) is 17.6 Å². The molecule has 0 aromatic heterocycles. The highest BCUT2D eigenvalue weighted by Gasteiger charge is 2.28. The van der Waals surface area contributed by atoms with E-state index in [0.29, 0.717) is 12.5 Å². The van der Waals surface area contributed by atoms with Gasteiger partial charge in [0.15, 0.2) is 0 Å². The van der Waals surface area contributed by atoms with Gasteiger partial charge in [0.2, 0.25) is 15.9 Å². The number of rotatable bonds is 6. The molecular weight excluding hydrogens is 314 g/mol. The van der Waals surface area contributed by atoms with E-state index in [9.17, 15) is 13.2 Å². The SMILES string of the molecule is CC1CCC(NS(=O)(=O)CC(=O)NC2CCCCC2CN)CC1. The minimum atomic E-state index is -3.57.